The second-order valence-electron chi connectivity index (χ2n) is 5.42. The molecule has 5 nitrogen and oxygen atoms in total. The number of aliphatic hydroxyl groups is 1. The van der Waals surface area contributed by atoms with E-state index in [1.165, 1.54) is 12.7 Å². The summed E-state index contributed by atoms with van der Waals surface area (Å²) in [6.45, 7) is -0.0202. The van der Waals surface area contributed by atoms with Gasteiger partial charge in [-0.2, -0.15) is 0 Å². The Labute approximate surface area is 118 Å². The van der Waals surface area contributed by atoms with Gasteiger partial charge < -0.3 is 14.6 Å². The number of methoxy groups -OCH3 is 2. The normalized spacial score (nSPS) is 27.1. The monoisotopic (exact) mass is 277 g/mol. The number of rotatable bonds is 2. The van der Waals surface area contributed by atoms with Crippen LogP contribution in [0.3, 0.4) is 0 Å². The van der Waals surface area contributed by atoms with Crippen molar-refractivity contribution in [3.63, 3.8) is 0 Å². The topological polar surface area (TPSA) is 59.0 Å². The molecule has 1 saturated heterocycles. The van der Waals surface area contributed by atoms with Gasteiger partial charge in [-0.15, -0.1) is 0 Å². The van der Waals surface area contributed by atoms with Gasteiger partial charge in [0.25, 0.3) is 0 Å². The lowest BCUT2D eigenvalue weighted by molar-refractivity contribution is 0.0835. The number of fused-ring (bicyclic) bond motifs is 3. The first-order valence-corrected chi connectivity index (χ1v) is 6.83. The summed E-state index contributed by atoms with van der Waals surface area (Å²) in [5.74, 6) is 1.19. The molecule has 0 bridgehead atoms. The van der Waals surface area contributed by atoms with Crippen molar-refractivity contribution in [2.24, 2.45) is 5.92 Å². The quantitative estimate of drug-likeness (QED) is 0.894. The van der Waals surface area contributed by atoms with Crippen molar-refractivity contribution in [2.75, 3.05) is 20.8 Å². The summed E-state index contributed by atoms with van der Waals surface area (Å²) >= 11 is 0. The molecule has 108 valence electrons. The molecule has 0 unspecified atom stereocenters. The van der Waals surface area contributed by atoms with Crippen molar-refractivity contribution in [3.05, 3.63) is 29.3 Å². The van der Waals surface area contributed by atoms with Crippen molar-refractivity contribution >= 4 is 6.09 Å². The lowest BCUT2D eigenvalue weighted by atomic mass is 10.0. The molecule has 0 saturated carbocycles. The Hall–Kier alpha value is -1.75. The fourth-order valence-electron chi connectivity index (χ4n) is 3.63. The smallest absolute Gasteiger partial charge is 0.410 e. The van der Waals surface area contributed by atoms with Crippen molar-refractivity contribution in [3.8, 4) is 5.75 Å². The number of benzene rings is 1. The zero-order chi connectivity index (χ0) is 14.3. The van der Waals surface area contributed by atoms with Crippen LogP contribution < -0.4 is 4.74 Å². The molecule has 1 aliphatic carbocycles. The average molecular weight is 277 g/mol. The molecule has 1 N–H and O–H groups in total. The molecule has 20 heavy (non-hydrogen) atoms. The summed E-state index contributed by atoms with van der Waals surface area (Å²) in [5, 5.41) is 9.50. The van der Waals surface area contributed by atoms with Crippen LogP contribution in [0.15, 0.2) is 18.2 Å². The van der Waals surface area contributed by atoms with E-state index in [2.05, 4.69) is 0 Å². The van der Waals surface area contributed by atoms with Crippen molar-refractivity contribution < 1.29 is 19.4 Å². The third kappa shape index (κ3) is 1.85. The van der Waals surface area contributed by atoms with Gasteiger partial charge in [0.2, 0.25) is 0 Å². The highest BCUT2D eigenvalue weighted by Gasteiger charge is 2.48. The molecule has 2 aliphatic rings. The summed E-state index contributed by atoms with van der Waals surface area (Å²) in [6.07, 6.45) is 1.37. The van der Waals surface area contributed by atoms with Crippen LogP contribution in [0.5, 0.6) is 5.75 Å². The Morgan fingerprint density at radius 1 is 1.45 bits per heavy atom. The second kappa shape index (κ2) is 4.98. The van der Waals surface area contributed by atoms with Crippen molar-refractivity contribution in [1.29, 1.82) is 0 Å². The minimum Gasteiger partial charge on any atom is -0.497 e. The van der Waals surface area contributed by atoms with Crippen molar-refractivity contribution in [1.82, 2.24) is 4.90 Å². The van der Waals surface area contributed by atoms with E-state index in [-0.39, 0.29) is 24.8 Å². The molecule has 0 aromatic heterocycles. The average Bonchev–Trinajstić information content (AvgIpc) is 3.00. The lowest BCUT2D eigenvalue weighted by Crippen LogP contribution is -2.39. The molecular weight excluding hydrogens is 258 g/mol. The van der Waals surface area contributed by atoms with E-state index in [0.717, 1.165) is 24.2 Å². The first-order chi connectivity index (χ1) is 9.69. The van der Waals surface area contributed by atoms with Gasteiger partial charge in [-0.3, -0.25) is 4.90 Å². The number of carbonyl (C=O) groups excluding carboxylic acids is 1. The van der Waals surface area contributed by atoms with Gasteiger partial charge in [-0.1, -0.05) is 6.07 Å². The van der Waals surface area contributed by atoms with Gasteiger partial charge in [-0.25, -0.2) is 4.79 Å². The minimum atomic E-state index is -0.361. The van der Waals surface area contributed by atoms with E-state index in [4.69, 9.17) is 9.47 Å². The molecule has 3 atom stereocenters. The van der Waals surface area contributed by atoms with Crippen LogP contribution in [0.1, 0.15) is 23.6 Å². The predicted molar refractivity (Wildman–Crippen MR) is 72.7 cm³/mol. The summed E-state index contributed by atoms with van der Waals surface area (Å²) in [5.41, 5.74) is 2.38. The molecule has 5 heteroatoms. The van der Waals surface area contributed by atoms with Crippen LogP contribution in [-0.4, -0.2) is 43.0 Å². The van der Waals surface area contributed by atoms with Crippen LogP contribution >= 0.6 is 0 Å². The maximum absolute atomic E-state index is 12.0. The van der Waals surface area contributed by atoms with E-state index in [1.54, 1.807) is 12.0 Å². The summed E-state index contributed by atoms with van der Waals surface area (Å²) < 4.78 is 10.1. The Morgan fingerprint density at radius 2 is 2.25 bits per heavy atom. The number of likely N-dealkylation sites (tertiary alicyclic amines) is 1. The molecule has 1 aromatic carbocycles. The maximum atomic E-state index is 12.0. The number of carbonyl (C=O) groups is 1. The van der Waals surface area contributed by atoms with E-state index in [9.17, 15) is 9.90 Å². The molecule has 1 heterocycles. The van der Waals surface area contributed by atoms with Gasteiger partial charge in [0.05, 0.1) is 32.9 Å². The fraction of sp³-hybridized carbons (Fsp3) is 0.533. The first kappa shape index (κ1) is 13.2. The number of nitrogens with zero attached hydrogens (tertiary/aromatic N) is 1. The number of amides is 1. The third-order valence-electron chi connectivity index (χ3n) is 4.46. The third-order valence-corrected chi connectivity index (χ3v) is 4.46. The second-order valence-corrected chi connectivity index (χ2v) is 5.42. The van der Waals surface area contributed by atoms with Crippen molar-refractivity contribution in [2.45, 2.75) is 24.9 Å². The van der Waals surface area contributed by atoms with E-state index in [0.29, 0.717) is 5.92 Å². The summed E-state index contributed by atoms with van der Waals surface area (Å²) in [6, 6.07) is 5.85. The summed E-state index contributed by atoms with van der Waals surface area (Å²) in [7, 11) is 3.04. The van der Waals surface area contributed by atoms with Gasteiger partial charge >= 0.3 is 6.09 Å². The highest BCUT2D eigenvalue weighted by Crippen LogP contribution is 2.49. The van der Waals surface area contributed by atoms with Gasteiger partial charge in [-0.05, 0) is 42.0 Å². The molecule has 1 fully saturated rings. The lowest BCUT2D eigenvalue weighted by Gasteiger charge is -2.28. The molecule has 1 aliphatic heterocycles. The van der Waals surface area contributed by atoms with E-state index >= 15 is 0 Å². The molecule has 3 rings (SSSR count). The summed E-state index contributed by atoms with van der Waals surface area (Å²) in [4.78, 5) is 13.7. The SMILES string of the molecule is COC(=O)N1[C@H](CO)C[C@H]2Cc3cc(OC)ccc3[C@H]21. The highest BCUT2D eigenvalue weighted by molar-refractivity contribution is 5.70. The van der Waals surface area contributed by atoms with Gasteiger partial charge in [0, 0.05) is 0 Å². The van der Waals surface area contributed by atoms with E-state index in [1.807, 2.05) is 18.2 Å². The van der Waals surface area contributed by atoms with Crippen LogP contribution in [0.25, 0.3) is 0 Å². The highest BCUT2D eigenvalue weighted by atomic mass is 16.5. The Kier molecular flexibility index (Phi) is 3.30. The van der Waals surface area contributed by atoms with Crippen LogP contribution in [0, 0.1) is 5.92 Å². The van der Waals surface area contributed by atoms with Gasteiger partial charge in [0.1, 0.15) is 5.75 Å². The molecule has 1 aromatic rings. The fourth-order valence-corrected chi connectivity index (χ4v) is 3.63. The van der Waals surface area contributed by atoms with Crippen LogP contribution in [-0.2, 0) is 11.2 Å². The molecular formula is C15H19NO4. The first-order valence-electron chi connectivity index (χ1n) is 6.83. The Bertz CT molecular complexity index is 531. The van der Waals surface area contributed by atoms with E-state index < -0.39 is 0 Å². The Balaban J connectivity index is 1.98. The standard InChI is InChI=1S/C15H19NO4/c1-19-12-3-4-13-9(7-12)5-10-6-11(8-17)16(14(10)13)15(18)20-2/h3-4,7,10-11,14,17H,5-6,8H2,1-2H3/t10-,11+,14+/m1/s1. The number of ether oxygens (including phenoxy) is 2. The number of hydrogen-bond acceptors (Lipinski definition) is 4. The van der Waals surface area contributed by atoms with Crippen LogP contribution in [0.4, 0.5) is 4.79 Å². The van der Waals surface area contributed by atoms with Crippen LogP contribution in [0.2, 0.25) is 0 Å². The zero-order valence-corrected chi connectivity index (χ0v) is 11.7. The largest absolute Gasteiger partial charge is 0.497 e. The number of aliphatic hydroxyl groups excluding tert-OH is 1. The molecule has 0 spiro atoms. The predicted octanol–water partition coefficient (Wildman–Crippen LogP) is 1.74. The maximum Gasteiger partial charge on any atom is 0.410 e. The zero-order valence-electron chi connectivity index (χ0n) is 11.7. The van der Waals surface area contributed by atoms with Gasteiger partial charge in [0.15, 0.2) is 0 Å². The minimum absolute atomic E-state index is 0.0144. The molecule has 0 radical (unpaired) electrons. The molecule has 1 amide bonds. The number of hydrogen-bond donors (Lipinski definition) is 1. The Morgan fingerprint density at radius 3 is 2.90 bits per heavy atom.